The van der Waals surface area contributed by atoms with Gasteiger partial charge in [-0.2, -0.15) is 5.10 Å². The van der Waals surface area contributed by atoms with Gasteiger partial charge >= 0.3 is 0 Å². The third kappa shape index (κ3) is 4.09. The van der Waals surface area contributed by atoms with Crippen LogP contribution in [0.2, 0.25) is 5.15 Å². The van der Waals surface area contributed by atoms with E-state index in [2.05, 4.69) is 10.8 Å². The molecule has 0 aliphatic rings. The molecule has 9 heteroatoms. The van der Waals surface area contributed by atoms with Crippen LogP contribution in [0.4, 0.5) is 4.39 Å². The van der Waals surface area contributed by atoms with Crippen LogP contribution in [-0.4, -0.2) is 43.1 Å². The van der Waals surface area contributed by atoms with Crippen molar-refractivity contribution in [2.75, 3.05) is 20.6 Å². The first kappa shape index (κ1) is 19.6. The van der Waals surface area contributed by atoms with Gasteiger partial charge in [-0.15, -0.1) is 0 Å². The molecule has 0 bridgehead atoms. The van der Waals surface area contributed by atoms with Crippen LogP contribution in [-0.2, 0) is 16.6 Å². The van der Waals surface area contributed by atoms with Gasteiger partial charge in [0.1, 0.15) is 11.0 Å². The first-order valence-electron chi connectivity index (χ1n) is 7.58. The zero-order valence-corrected chi connectivity index (χ0v) is 15.9. The fourth-order valence-corrected chi connectivity index (χ4v) is 3.66. The third-order valence-electron chi connectivity index (χ3n) is 3.63. The summed E-state index contributed by atoms with van der Waals surface area (Å²) in [6.07, 6.45) is 1.36. The van der Waals surface area contributed by atoms with Crippen LogP contribution in [0.15, 0.2) is 41.1 Å². The second kappa shape index (κ2) is 7.65. The van der Waals surface area contributed by atoms with E-state index in [1.807, 2.05) is 0 Å². The summed E-state index contributed by atoms with van der Waals surface area (Å²) >= 11 is 6.37. The number of rotatable bonds is 6. The Morgan fingerprint density at radius 2 is 2.12 bits per heavy atom. The Morgan fingerprint density at radius 3 is 2.72 bits per heavy atom. The van der Waals surface area contributed by atoms with Crippen LogP contribution >= 0.6 is 11.6 Å². The predicted molar refractivity (Wildman–Crippen MR) is 95.2 cm³/mol. The molecule has 0 fully saturated rings. The van der Waals surface area contributed by atoms with E-state index in [9.17, 15) is 12.8 Å². The molecule has 136 valence electrons. The van der Waals surface area contributed by atoms with E-state index in [1.54, 1.807) is 19.1 Å². The maximum absolute atomic E-state index is 13.7. The standard InChI is InChI=1S/C16H20ClFN4O2S/c1-11-15(16(17)22(20-11)10-13(18)7-8-19)12-5-4-6-14(9-12)25(23,24)21(2)3/h4-7,9H,8,10,19H2,1-3H3/p+1/b13-7-. The number of sulfonamides is 1. The number of aromatic nitrogens is 2. The summed E-state index contributed by atoms with van der Waals surface area (Å²) in [6.45, 7) is 1.99. The van der Waals surface area contributed by atoms with Crippen molar-refractivity contribution in [1.82, 2.24) is 14.1 Å². The van der Waals surface area contributed by atoms with E-state index >= 15 is 0 Å². The number of hydrogen-bond acceptors (Lipinski definition) is 3. The van der Waals surface area contributed by atoms with Gasteiger partial charge in [-0.05, 0) is 24.6 Å². The lowest BCUT2D eigenvalue weighted by Crippen LogP contribution is -2.49. The quantitative estimate of drug-likeness (QED) is 0.821. The summed E-state index contributed by atoms with van der Waals surface area (Å²) in [5.74, 6) is -0.380. The number of nitrogens with zero attached hydrogens (tertiary/aromatic N) is 3. The second-order valence-corrected chi connectivity index (χ2v) is 8.17. The molecule has 2 aromatic rings. The fourth-order valence-electron chi connectivity index (χ4n) is 2.37. The third-order valence-corrected chi connectivity index (χ3v) is 5.83. The number of quaternary nitrogens is 1. The molecular formula is C16H21ClFN4O2S+. The molecule has 0 saturated carbocycles. The lowest BCUT2D eigenvalue weighted by Gasteiger charge is -2.12. The Kier molecular flexibility index (Phi) is 5.99. The summed E-state index contributed by atoms with van der Waals surface area (Å²) in [7, 11) is -0.629. The second-order valence-electron chi connectivity index (χ2n) is 5.66. The topological polar surface area (TPSA) is 82.8 Å². The Hall–Kier alpha value is -1.74. The van der Waals surface area contributed by atoms with E-state index in [0.717, 1.165) is 4.31 Å². The molecule has 1 aromatic heterocycles. The SMILES string of the molecule is Cc1nn(C/C(F)=C/C[NH3+])c(Cl)c1-c1cccc(S(=O)(=O)N(C)C)c1. The monoisotopic (exact) mass is 387 g/mol. The van der Waals surface area contributed by atoms with Crippen molar-refractivity contribution in [1.29, 1.82) is 0 Å². The molecule has 0 spiro atoms. The smallest absolute Gasteiger partial charge is 0.242 e. The van der Waals surface area contributed by atoms with Gasteiger partial charge in [-0.25, -0.2) is 21.8 Å². The fraction of sp³-hybridized carbons (Fsp3) is 0.312. The van der Waals surface area contributed by atoms with Crippen LogP contribution in [0.3, 0.4) is 0 Å². The number of benzene rings is 1. The van der Waals surface area contributed by atoms with Crippen molar-refractivity contribution >= 4 is 21.6 Å². The summed E-state index contributed by atoms with van der Waals surface area (Å²) in [6, 6.07) is 6.44. The van der Waals surface area contributed by atoms with Gasteiger partial charge in [0.2, 0.25) is 10.0 Å². The van der Waals surface area contributed by atoms with Crippen molar-refractivity contribution in [3.63, 3.8) is 0 Å². The predicted octanol–water partition coefficient (Wildman–Crippen LogP) is 1.86. The molecule has 25 heavy (non-hydrogen) atoms. The zero-order valence-electron chi connectivity index (χ0n) is 14.3. The molecule has 6 nitrogen and oxygen atoms in total. The van der Waals surface area contributed by atoms with Crippen molar-refractivity contribution in [2.45, 2.75) is 18.4 Å². The van der Waals surface area contributed by atoms with Gasteiger partial charge in [0.05, 0.1) is 23.7 Å². The average Bonchev–Trinajstić information content (AvgIpc) is 2.81. The molecule has 0 amide bonds. The van der Waals surface area contributed by atoms with Gasteiger partial charge in [0, 0.05) is 25.7 Å². The molecule has 0 unspecified atom stereocenters. The minimum absolute atomic E-state index is 0.0924. The largest absolute Gasteiger partial charge is 0.354 e. The Morgan fingerprint density at radius 1 is 1.44 bits per heavy atom. The van der Waals surface area contributed by atoms with E-state index in [0.29, 0.717) is 23.4 Å². The lowest BCUT2D eigenvalue weighted by atomic mass is 10.1. The highest BCUT2D eigenvalue weighted by molar-refractivity contribution is 7.89. The number of allylic oxidation sites excluding steroid dienone is 1. The molecule has 0 aliphatic heterocycles. The number of halogens is 2. The molecule has 0 saturated heterocycles. The highest BCUT2D eigenvalue weighted by atomic mass is 35.5. The van der Waals surface area contributed by atoms with Gasteiger partial charge in [0.15, 0.2) is 0 Å². The Labute approximate surface area is 151 Å². The van der Waals surface area contributed by atoms with E-state index in [4.69, 9.17) is 11.6 Å². The maximum atomic E-state index is 13.7. The maximum Gasteiger partial charge on any atom is 0.242 e. The van der Waals surface area contributed by atoms with E-state index in [-0.39, 0.29) is 22.4 Å². The van der Waals surface area contributed by atoms with E-state index < -0.39 is 10.0 Å². The van der Waals surface area contributed by atoms with Crippen LogP contribution in [0.25, 0.3) is 11.1 Å². The minimum Gasteiger partial charge on any atom is -0.354 e. The van der Waals surface area contributed by atoms with Crippen molar-refractivity contribution < 1.29 is 18.5 Å². The highest BCUT2D eigenvalue weighted by Crippen LogP contribution is 2.33. The normalized spacial score (nSPS) is 12.8. The van der Waals surface area contributed by atoms with Crippen molar-refractivity contribution in [2.24, 2.45) is 0 Å². The lowest BCUT2D eigenvalue weighted by molar-refractivity contribution is -0.353. The Balaban J connectivity index is 2.50. The first-order valence-corrected chi connectivity index (χ1v) is 9.40. The summed E-state index contributed by atoms with van der Waals surface area (Å²) in [5, 5.41) is 4.51. The Bertz CT molecular complexity index is 907. The van der Waals surface area contributed by atoms with E-state index in [1.165, 1.54) is 37.0 Å². The van der Waals surface area contributed by atoms with Crippen LogP contribution in [0.5, 0.6) is 0 Å². The number of hydrogen-bond donors (Lipinski definition) is 1. The molecule has 1 aromatic carbocycles. The molecule has 1 heterocycles. The zero-order chi connectivity index (χ0) is 18.8. The van der Waals surface area contributed by atoms with Crippen molar-refractivity contribution in [3.05, 3.63) is 47.0 Å². The van der Waals surface area contributed by atoms with Gasteiger partial charge in [-0.3, -0.25) is 0 Å². The summed E-state index contributed by atoms with van der Waals surface area (Å²) in [5.41, 5.74) is 5.35. The number of aryl methyl sites for hydroxylation is 1. The van der Waals surface area contributed by atoms with Gasteiger partial charge in [0.25, 0.3) is 0 Å². The minimum atomic E-state index is -3.57. The molecule has 3 N–H and O–H groups in total. The highest BCUT2D eigenvalue weighted by Gasteiger charge is 2.21. The van der Waals surface area contributed by atoms with Crippen LogP contribution < -0.4 is 5.73 Å². The summed E-state index contributed by atoms with van der Waals surface area (Å²) < 4.78 is 40.9. The molecule has 0 aliphatic carbocycles. The average molecular weight is 388 g/mol. The van der Waals surface area contributed by atoms with Crippen LogP contribution in [0.1, 0.15) is 5.69 Å². The van der Waals surface area contributed by atoms with Crippen LogP contribution in [0, 0.1) is 6.92 Å². The molecule has 2 rings (SSSR count). The van der Waals surface area contributed by atoms with Gasteiger partial charge in [-0.1, -0.05) is 23.7 Å². The molecule has 0 radical (unpaired) electrons. The summed E-state index contributed by atoms with van der Waals surface area (Å²) in [4.78, 5) is 0.154. The first-order chi connectivity index (χ1) is 11.7. The molecule has 0 atom stereocenters. The molecular weight excluding hydrogens is 367 g/mol. The van der Waals surface area contributed by atoms with Gasteiger partial charge < -0.3 is 5.73 Å². The van der Waals surface area contributed by atoms with Crippen molar-refractivity contribution in [3.8, 4) is 11.1 Å².